The third kappa shape index (κ3) is 3.00. The zero-order chi connectivity index (χ0) is 13.1. The number of aromatic carboxylic acids is 1. The van der Waals surface area contributed by atoms with Crippen LogP contribution < -0.4 is 5.32 Å². The number of anilines is 1. The highest BCUT2D eigenvalue weighted by Crippen LogP contribution is 2.27. The Kier molecular flexibility index (Phi) is 3.84. The quantitative estimate of drug-likeness (QED) is 0.864. The van der Waals surface area contributed by atoms with Crippen molar-refractivity contribution in [3.05, 3.63) is 29.6 Å². The molecule has 4 heteroatoms. The fraction of sp³-hybridized carbons (Fsp3) is 0.500. The van der Waals surface area contributed by atoms with Crippen molar-refractivity contribution in [2.75, 3.05) is 5.32 Å². The maximum Gasteiger partial charge on any atom is 0.335 e. The lowest BCUT2D eigenvalue weighted by molar-refractivity contribution is 0.0697. The van der Waals surface area contributed by atoms with Crippen molar-refractivity contribution >= 4 is 11.7 Å². The van der Waals surface area contributed by atoms with E-state index in [0.29, 0.717) is 11.6 Å². The molecular formula is C14H18FNO2. The lowest BCUT2D eigenvalue weighted by atomic mass is 9.87. The van der Waals surface area contributed by atoms with E-state index >= 15 is 0 Å². The first kappa shape index (κ1) is 12.9. The van der Waals surface area contributed by atoms with E-state index in [1.165, 1.54) is 24.6 Å². The van der Waals surface area contributed by atoms with Gasteiger partial charge in [-0.2, -0.15) is 0 Å². The van der Waals surface area contributed by atoms with Gasteiger partial charge in [0.25, 0.3) is 0 Å². The molecule has 0 aromatic heterocycles. The van der Waals surface area contributed by atoms with Gasteiger partial charge < -0.3 is 10.4 Å². The Morgan fingerprint density at radius 2 is 2.22 bits per heavy atom. The largest absolute Gasteiger partial charge is 0.478 e. The lowest BCUT2D eigenvalue weighted by Gasteiger charge is -2.28. The van der Waals surface area contributed by atoms with Gasteiger partial charge in [-0.15, -0.1) is 0 Å². The third-order valence-corrected chi connectivity index (χ3v) is 3.51. The van der Waals surface area contributed by atoms with Gasteiger partial charge in [0.2, 0.25) is 0 Å². The van der Waals surface area contributed by atoms with Crippen LogP contribution in [-0.4, -0.2) is 17.1 Å². The van der Waals surface area contributed by atoms with Gasteiger partial charge in [-0.3, -0.25) is 0 Å². The monoisotopic (exact) mass is 251 g/mol. The Hall–Kier alpha value is -1.58. The van der Waals surface area contributed by atoms with Gasteiger partial charge in [-0.1, -0.05) is 19.8 Å². The Morgan fingerprint density at radius 3 is 2.89 bits per heavy atom. The molecule has 3 nitrogen and oxygen atoms in total. The molecule has 2 rings (SSSR count). The van der Waals surface area contributed by atoms with Gasteiger partial charge in [0.15, 0.2) is 0 Å². The molecular weight excluding hydrogens is 233 g/mol. The minimum absolute atomic E-state index is 0.114. The van der Waals surface area contributed by atoms with Crippen molar-refractivity contribution in [3.63, 3.8) is 0 Å². The average molecular weight is 251 g/mol. The van der Waals surface area contributed by atoms with Crippen molar-refractivity contribution in [2.45, 2.75) is 38.6 Å². The summed E-state index contributed by atoms with van der Waals surface area (Å²) in [5, 5.41) is 12.0. The van der Waals surface area contributed by atoms with Crippen LogP contribution in [0.1, 0.15) is 43.0 Å². The number of benzene rings is 1. The van der Waals surface area contributed by atoms with Gasteiger partial charge >= 0.3 is 5.97 Å². The second-order valence-electron chi connectivity index (χ2n) is 5.11. The van der Waals surface area contributed by atoms with Crippen LogP contribution in [0.4, 0.5) is 10.1 Å². The van der Waals surface area contributed by atoms with E-state index in [2.05, 4.69) is 12.2 Å². The smallest absolute Gasteiger partial charge is 0.335 e. The van der Waals surface area contributed by atoms with E-state index < -0.39 is 11.8 Å². The van der Waals surface area contributed by atoms with Gasteiger partial charge in [0.05, 0.1) is 11.3 Å². The molecule has 18 heavy (non-hydrogen) atoms. The Bertz CT molecular complexity index is 447. The summed E-state index contributed by atoms with van der Waals surface area (Å²) in [7, 11) is 0. The molecule has 1 aromatic carbocycles. The molecule has 0 aliphatic heterocycles. The van der Waals surface area contributed by atoms with Crippen LogP contribution in [0.5, 0.6) is 0 Å². The molecule has 98 valence electrons. The fourth-order valence-corrected chi connectivity index (χ4v) is 2.55. The van der Waals surface area contributed by atoms with Gasteiger partial charge in [-0.25, -0.2) is 9.18 Å². The first-order chi connectivity index (χ1) is 8.56. The molecule has 2 atom stereocenters. The van der Waals surface area contributed by atoms with E-state index in [0.717, 1.165) is 19.3 Å². The van der Waals surface area contributed by atoms with Gasteiger partial charge in [0.1, 0.15) is 5.82 Å². The second kappa shape index (κ2) is 5.38. The number of carboxylic acid groups (broad SMARTS) is 1. The summed E-state index contributed by atoms with van der Waals surface area (Å²) < 4.78 is 13.6. The Labute approximate surface area is 106 Å². The molecule has 0 saturated heterocycles. The van der Waals surface area contributed by atoms with Crippen LogP contribution in [0, 0.1) is 11.7 Å². The van der Waals surface area contributed by atoms with Crippen molar-refractivity contribution in [1.82, 2.24) is 0 Å². The fourth-order valence-electron chi connectivity index (χ4n) is 2.55. The lowest BCUT2D eigenvalue weighted by Crippen LogP contribution is -2.26. The molecule has 1 aliphatic carbocycles. The highest BCUT2D eigenvalue weighted by atomic mass is 19.1. The molecule has 0 spiro atoms. The molecule has 0 amide bonds. The maximum atomic E-state index is 13.6. The van der Waals surface area contributed by atoms with E-state index in [1.54, 1.807) is 0 Å². The first-order valence-electron chi connectivity index (χ1n) is 6.35. The van der Waals surface area contributed by atoms with E-state index in [-0.39, 0.29) is 11.6 Å². The summed E-state index contributed by atoms with van der Waals surface area (Å²) in [5.74, 6) is -0.782. The van der Waals surface area contributed by atoms with Gasteiger partial charge in [0, 0.05) is 6.04 Å². The first-order valence-corrected chi connectivity index (χ1v) is 6.35. The maximum absolute atomic E-state index is 13.6. The number of hydrogen-bond acceptors (Lipinski definition) is 2. The van der Waals surface area contributed by atoms with Crippen LogP contribution >= 0.6 is 0 Å². The highest BCUT2D eigenvalue weighted by molar-refractivity contribution is 5.88. The Balaban J connectivity index is 2.12. The number of halogens is 1. The van der Waals surface area contributed by atoms with E-state index in [4.69, 9.17) is 5.11 Å². The molecule has 1 aliphatic rings. The summed E-state index contributed by atoms with van der Waals surface area (Å²) in [4.78, 5) is 10.9. The summed E-state index contributed by atoms with van der Waals surface area (Å²) in [5.41, 5.74) is 0.414. The third-order valence-electron chi connectivity index (χ3n) is 3.51. The number of carboxylic acids is 1. The predicted molar refractivity (Wildman–Crippen MR) is 68.4 cm³/mol. The molecule has 2 unspecified atom stereocenters. The second-order valence-corrected chi connectivity index (χ2v) is 5.11. The molecule has 2 N–H and O–H groups in total. The zero-order valence-corrected chi connectivity index (χ0v) is 10.4. The topological polar surface area (TPSA) is 49.3 Å². The standard InChI is InChI=1S/C14H18FNO2/c1-9-3-2-4-11(7-9)16-13-8-10(14(17)18)5-6-12(13)15/h5-6,8-9,11,16H,2-4,7H2,1H3,(H,17,18). The van der Waals surface area contributed by atoms with Crippen LogP contribution in [0.3, 0.4) is 0 Å². The molecule has 1 saturated carbocycles. The molecule has 1 aromatic rings. The predicted octanol–water partition coefficient (Wildman–Crippen LogP) is 3.51. The molecule has 0 radical (unpaired) electrons. The zero-order valence-electron chi connectivity index (χ0n) is 10.4. The number of rotatable bonds is 3. The summed E-state index contributed by atoms with van der Waals surface area (Å²) >= 11 is 0. The average Bonchev–Trinajstić information content (AvgIpc) is 2.31. The summed E-state index contributed by atoms with van der Waals surface area (Å²) in [6.45, 7) is 2.19. The number of nitrogens with one attached hydrogen (secondary N) is 1. The van der Waals surface area contributed by atoms with Crippen LogP contribution in [0.15, 0.2) is 18.2 Å². The summed E-state index contributed by atoms with van der Waals surface area (Å²) in [6, 6.07) is 4.11. The number of carbonyl (C=O) groups is 1. The van der Waals surface area contributed by atoms with E-state index in [9.17, 15) is 9.18 Å². The van der Waals surface area contributed by atoms with Crippen molar-refractivity contribution in [1.29, 1.82) is 0 Å². The molecule has 0 bridgehead atoms. The van der Waals surface area contributed by atoms with Gasteiger partial charge in [-0.05, 0) is 37.0 Å². The molecule has 1 fully saturated rings. The van der Waals surface area contributed by atoms with Crippen molar-refractivity contribution < 1.29 is 14.3 Å². The number of hydrogen-bond donors (Lipinski definition) is 2. The van der Waals surface area contributed by atoms with Crippen molar-refractivity contribution in [2.24, 2.45) is 5.92 Å². The minimum Gasteiger partial charge on any atom is -0.478 e. The SMILES string of the molecule is CC1CCCC(Nc2cc(C(=O)O)ccc2F)C1. The minimum atomic E-state index is -1.03. The Morgan fingerprint density at radius 1 is 1.44 bits per heavy atom. The summed E-state index contributed by atoms with van der Waals surface area (Å²) in [6.07, 6.45) is 4.38. The van der Waals surface area contributed by atoms with Crippen molar-refractivity contribution in [3.8, 4) is 0 Å². The van der Waals surface area contributed by atoms with Crippen LogP contribution in [-0.2, 0) is 0 Å². The highest BCUT2D eigenvalue weighted by Gasteiger charge is 2.20. The van der Waals surface area contributed by atoms with Crippen LogP contribution in [0.25, 0.3) is 0 Å². The van der Waals surface area contributed by atoms with E-state index in [1.807, 2.05) is 0 Å². The van der Waals surface area contributed by atoms with Crippen LogP contribution in [0.2, 0.25) is 0 Å². The molecule has 0 heterocycles. The normalized spacial score (nSPS) is 23.7.